The van der Waals surface area contributed by atoms with Crippen molar-refractivity contribution >= 4 is 11.9 Å². The molecule has 0 unspecified atom stereocenters. The topological polar surface area (TPSA) is 75.4 Å². The SMILES string of the molecule is Cc1ccccc1-n1cc(C(=O)N2CCC[C@@H]2C(=O)O)cn1. The van der Waals surface area contributed by atoms with Gasteiger partial charge in [0, 0.05) is 12.7 Å². The molecule has 3 rings (SSSR count). The molecular formula is C16H17N3O3. The summed E-state index contributed by atoms with van der Waals surface area (Å²) < 4.78 is 1.65. The monoisotopic (exact) mass is 299 g/mol. The van der Waals surface area contributed by atoms with E-state index in [0.717, 1.165) is 11.3 Å². The van der Waals surface area contributed by atoms with Crippen LogP contribution < -0.4 is 0 Å². The van der Waals surface area contributed by atoms with Gasteiger partial charge in [-0.1, -0.05) is 18.2 Å². The molecule has 1 fully saturated rings. The van der Waals surface area contributed by atoms with Crippen molar-refractivity contribution in [2.45, 2.75) is 25.8 Å². The molecular weight excluding hydrogens is 282 g/mol. The van der Waals surface area contributed by atoms with Gasteiger partial charge in [0.25, 0.3) is 5.91 Å². The fourth-order valence-corrected chi connectivity index (χ4v) is 2.82. The highest BCUT2D eigenvalue weighted by atomic mass is 16.4. The first-order chi connectivity index (χ1) is 10.6. The Morgan fingerprint density at radius 2 is 2.09 bits per heavy atom. The number of aromatic nitrogens is 2. The Hall–Kier alpha value is -2.63. The number of carbonyl (C=O) groups is 2. The maximum absolute atomic E-state index is 12.5. The van der Waals surface area contributed by atoms with Gasteiger partial charge in [-0.25, -0.2) is 9.48 Å². The molecule has 1 aromatic heterocycles. The Bertz CT molecular complexity index is 723. The summed E-state index contributed by atoms with van der Waals surface area (Å²) in [7, 11) is 0. The normalized spacial score (nSPS) is 17.7. The highest BCUT2D eigenvalue weighted by molar-refractivity contribution is 5.96. The second kappa shape index (κ2) is 5.63. The Morgan fingerprint density at radius 1 is 1.32 bits per heavy atom. The van der Waals surface area contributed by atoms with Crippen LogP contribution in [-0.4, -0.2) is 44.3 Å². The van der Waals surface area contributed by atoms with Crippen molar-refractivity contribution in [3.63, 3.8) is 0 Å². The van der Waals surface area contributed by atoms with Gasteiger partial charge in [0.05, 0.1) is 17.4 Å². The van der Waals surface area contributed by atoms with Crippen molar-refractivity contribution < 1.29 is 14.7 Å². The minimum atomic E-state index is -0.947. The Morgan fingerprint density at radius 3 is 2.82 bits per heavy atom. The van der Waals surface area contributed by atoms with Gasteiger partial charge in [-0.3, -0.25) is 4.79 Å². The molecule has 1 aliphatic heterocycles. The number of hydrogen-bond acceptors (Lipinski definition) is 3. The number of benzene rings is 1. The van der Waals surface area contributed by atoms with Gasteiger partial charge >= 0.3 is 5.97 Å². The molecule has 2 aromatic rings. The number of carbonyl (C=O) groups excluding carboxylic acids is 1. The van der Waals surface area contributed by atoms with Gasteiger partial charge in [-0.2, -0.15) is 5.10 Å². The third-order valence-electron chi connectivity index (χ3n) is 3.99. The summed E-state index contributed by atoms with van der Waals surface area (Å²) in [6.07, 6.45) is 4.37. The number of carboxylic acid groups (broad SMARTS) is 1. The van der Waals surface area contributed by atoms with Crippen molar-refractivity contribution in [1.29, 1.82) is 0 Å². The maximum Gasteiger partial charge on any atom is 0.326 e. The van der Waals surface area contributed by atoms with E-state index in [-0.39, 0.29) is 5.91 Å². The Labute approximate surface area is 128 Å². The molecule has 114 valence electrons. The molecule has 2 heterocycles. The Kier molecular flexibility index (Phi) is 3.66. The van der Waals surface area contributed by atoms with E-state index in [0.29, 0.717) is 24.9 Å². The average Bonchev–Trinajstić information content (AvgIpc) is 3.16. The fraction of sp³-hybridized carbons (Fsp3) is 0.312. The second-order valence-electron chi connectivity index (χ2n) is 5.45. The first-order valence-electron chi connectivity index (χ1n) is 7.22. The molecule has 0 saturated carbocycles. The molecule has 1 amide bonds. The first kappa shape index (κ1) is 14.3. The minimum absolute atomic E-state index is 0.273. The molecule has 0 aliphatic carbocycles. The zero-order chi connectivity index (χ0) is 15.7. The number of hydrogen-bond donors (Lipinski definition) is 1. The lowest BCUT2D eigenvalue weighted by Crippen LogP contribution is -2.40. The summed E-state index contributed by atoms with van der Waals surface area (Å²) in [6, 6.07) is 7.02. The number of amides is 1. The van der Waals surface area contributed by atoms with Crippen LogP contribution in [0.15, 0.2) is 36.7 Å². The number of aryl methyl sites for hydroxylation is 1. The van der Waals surface area contributed by atoms with Crippen LogP contribution in [-0.2, 0) is 4.79 Å². The van der Waals surface area contributed by atoms with Gasteiger partial charge in [0.2, 0.25) is 0 Å². The highest BCUT2D eigenvalue weighted by Gasteiger charge is 2.34. The average molecular weight is 299 g/mol. The highest BCUT2D eigenvalue weighted by Crippen LogP contribution is 2.21. The molecule has 22 heavy (non-hydrogen) atoms. The van der Waals surface area contributed by atoms with Gasteiger partial charge in [-0.15, -0.1) is 0 Å². The van der Waals surface area contributed by atoms with Crippen molar-refractivity contribution in [2.75, 3.05) is 6.54 Å². The third-order valence-corrected chi connectivity index (χ3v) is 3.99. The first-order valence-corrected chi connectivity index (χ1v) is 7.22. The lowest BCUT2D eigenvalue weighted by atomic mass is 10.2. The predicted molar refractivity (Wildman–Crippen MR) is 80.0 cm³/mol. The van der Waals surface area contributed by atoms with Crippen molar-refractivity contribution in [1.82, 2.24) is 14.7 Å². The van der Waals surface area contributed by atoms with Crippen LogP contribution in [0.4, 0.5) is 0 Å². The lowest BCUT2D eigenvalue weighted by molar-refractivity contribution is -0.141. The summed E-state index contributed by atoms with van der Waals surface area (Å²) >= 11 is 0. The molecule has 6 nitrogen and oxygen atoms in total. The fourth-order valence-electron chi connectivity index (χ4n) is 2.82. The summed E-state index contributed by atoms with van der Waals surface area (Å²) in [4.78, 5) is 25.1. The van der Waals surface area contributed by atoms with E-state index >= 15 is 0 Å². The summed E-state index contributed by atoms with van der Waals surface area (Å²) in [6.45, 7) is 2.45. The Balaban J connectivity index is 1.86. The maximum atomic E-state index is 12.5. The van der Waals surface area contributed by atoms with E-state index < -0.39 is 12.0 Å². The van der Waals surface area contributed by atoms with Crippen molar-refractivity contribution in [3.8, 4) is 5.69 Å². The standard InChI is InChI=1S/C16H17N3O3/c1-11-5-2-3-6-13(11)19-10-12(9-17-19)15(20)18-8-4-7-14(18)16(21)22/h2-3,5-6,9-10,14H,4,7-8H2,1H3,(H,21,22)/t14-/m1/s1. The molecule has 0 spiro atoms. The predicted octanol–water partition coefficient (Wildman–Crippen LogP) is 1.87. The lowest BCUT2D eigenvalue weighted by Gasteiger charge is -2.20. The molecule has 1 aliphatic rings. The van der Waals surface area contributed by atoms with Crippen molar-refractivity contribution in [3.05, 3.63) is 47.8 Å². The number of likely N-dealkylation sites (tertiary alicyclic amines) is 1. The summed E-state index contributed by atoms with van der Waals surface area (Å²) in [5, 5.41) is 13.4. The van der Waals surface area contributed by atoms with Crippen LogP contribution >= 0.6 is 0 Å². The molecule has 1 atom stereocenters. The number of para-hydroxylation sites is 1. The third kappa shape index (κ3) is 2.47. The zero-order valence-corrected chi connectivity index (χ0v) is 12.3. The van der Waals surface area contributed by atoms with Crippen LogP contribution in [0.3, 0.4) is 0 Å². The van der Waals surface area contributed by atoms with Crippen LogP contribution in [0.2, 0.25) is 0 Å². The van der Waals surface area contributed by atoms with Gasteiger partial charge < -0.3 is 10.0 Å². The van der Waals surface area contributed by atoms with Crippen LogP contribution in [0, 0.1) is 6.92 Å². The molecule has 1 aromatic carbocycles. The van der Waals surface area contributed by atoms with E-state index in [1.54, 1.807) is 10.9 Å². The van der Waals surface area contributed by atoms with E-state index in [1.165, 1.54) is 11.1 Å². The number of rotatable bonds is 3. The van der Waals surface area contributed by atoms with E-state index in [2.05, 4.69) is 5.10 Å². The number of aliphatic carboxylic acids is 1. The largest absolute Gasteiger partial charge is 0.480 e. The number of nitrogens with zero attached hydrogens (tertiary/aromatic N) is 3. The van der Waals surface area contributed by atoms with Crippen molar-refractivity contribution in [2.24, 2.45) is 0 Å². The van der Waals surface area contributed by atoms with E-state index in [1.807, 2.05) is 31.2 Å². The molecule has 0 bridgehead atoms. The smallest absolute Gasteiger partial charge is 0.326 e. The van der Waals surface area contributed by atoms with Gasteiger partial charge in [0.15, 0.2) is 0 Å². The van der Waals surface area contributed by atoms with Gasteiger partial charge in [0.1, 0.15) is 6.04 Å². The molecule has 1 N–H and O–H groups in total. The quantitative estimate of drug-likeness (QED) is 0.938. The van der Waals surface area contributed by atoms with Crippen LogP contribution in [0.25, 0.3) is 5.69 Å². The zero-order valence-electron chi connectivity index (χ0n) is 12.3. The van der Waals surface area contributed by atoms with Crippen LogP contribution in [0.1, 0.15) is 28.8 Å². The molecule has 6 heteroatoms. The van der Waals surface area contributed by atoms with Gasteiger partial charge in [-0.05, 0) is 31.4 Å². The molecule has 0 radical (unpaired) electrons. The summed E-state index contributed by atoms with van der Waals surface area (Å²) in [5.74, 6) is -1.22. The number of carboxylic acids is 1. The van der Waals surface area contributed by atoms with E-state index in [4.69, 9.17) is 0 Å². The second-order valence-corrected chi connectivity index (χ2v) is 5.45. The van der Waals surface area contributed by atoms with Crippen LogP contribution in [0.5, 0.6) is 0 Å². The molecule has 1 saturated heterocycles. The summed E-state index contributed by atoms with van der Waals surface area (Å²) in [5.41, 5.74) is 2.36. The van der Waals surface area contributed by atoms with E-state index in [9.17, 15) is 14.7 Å². The minimum Gasteiger partial charge on any atom is -0.480 e.